The third-order valence-corrected chi connectivity index (χ3v) is 5.48. The summed E-state index contributed by atoms with van der Waals surface area (Å²) in [6, 6.07) is 9.25. The van der Waals surface area contributed by atoms with Gasteiger partial charge in [0.15, 0.2) is 11.5 Å². The van der Waals surface area contributed by atoms with Crippen LogP contribution in [0, 0.1) is 0 Å². The highest BCUT2D eigenvalue weighted by Gasteiger charge is 2.16. The molecule has 1 aliphatic rings. The van der Waals surface area contributed by atoms with Crippen molar-refractivity contribution in [1.29, 1.82) is 0 Å². The van der Waals surface area contributed by atoms with Crippen LogP contribution in [0.1, 0.15) is 30.9 Å². The van der Waals surface area contributed by atoms with Crippen LogP contribution >= 0.6 is 34.8 Å². The number of nitrogens with one attached hydrogen (secondary N) is 1. The first-order valence-corrected chi connectivity index (χ1v) is 10.5. The molecule has 0 aromatic heterocycles. The van der Waals surface area contributed by atoms with Gasteiger partial charge in [-0.1, -0.05) is 40.9 Å². The Morgan fingerprint density at radius 1 is 1.04 bits per heavy atom. The summed E-state index contributed by atoms with van der Waals surface area (Å²) in [7, 11) is 0. The van der Waals surface area contributed by atoms with E-state index in [1.165, 1.54) is 0 Å². The van der Waals surface area contributed by atoms with E-state index in [9.17, 15) is 0 Å². The second kappa shape index (κ2) is 10.6. The zero-order chi connectivity index (χ0) is 19.9. The normalized spacial score (nSPS) is 16.4. The molecular weight excluding hydrogens is 421 g/mol. The summed E-state index contributed by atoms with van der Waals surface area (Å²) in [4.78, 5) is 0. The number of hydrogen-bond donors (Lipinski definition) is 1. The first-order valence-electron chi connectivity index (χ1n) is 9.41. The smallest absolute Gasteiger partial charge is 0.180 e. The lowest BCUT2D eigenvalue weighted by Gasteiger charge is -2.16. The van der Waals surface area contributed by atoms with Crippen molar-refractivity contribution in [2.45, 2.75) is 39.0 Å². The van der Waals surface area contributed by atoms with Crippen molar-refractivity contribution < 1.29 is 14.2 Å². The van der Waals surface area contributed by atoms with Gasteiger partial charge in [0.1, 0.15) is 6.61 Å². The maximum Gasteiger partial charge on any atom is 0.180 e. The summed E-state index contributed by atoms with van der Waals surface area (Å²) in [6.45, 7) is 5.14. The molecule has 2 aromatic rings. The van der Waals surface area contributed by atoms with Crippen LogP contribution in [0.25, 0.3) is 0 Å². The molecule has 7 heteroatoms. The van der Waals surface area contributed by atoms with Gasteiger partial charge in [-0.15, -0.1) is 0 Å². The van der Waals surface area contributed by atoms with E-state index >= 15 is 0 Å². The Kier molecular flexibility index (Phi) is 8.12. The molecule has 1 N–H and O–H groups in total. The van der Waals surface area contributed by atoms with Crippen molar-refractivity contribution in [3.8, 4) is 11.5 Å². The number of benzene rings is 2. The van der Waals surface area contributed by atoms with Crippen molar-refractivity contribution in [2.75, 3.05) is 19.8 Å². The molecule has 152 valence electrons. The van der Waals surface area contributed by atoms with Crippen LogP contribution in [0.5, 0.6) is 11.5 Å². The molecule has 28 heavy (non-hydrogen) atoms. The highest BCUT2D eigenvalue weighted by molar-refractivity contribution is 6.42. The molecule has 0 spiro atoms. The van der Waals surface area contributed by atoms with E-state index in [-0.39, 0.29) is 0 Å². The molecular formula is C21H24Cl3NO3. The standard InChI is InChI=1S/C21H24Cl3NO3/c1-2-26-20-10-15(11-25-12-16-4-3-7-27-16)9-19(24)21(20)28-13-14-5-6-17(22)18(23)8-14/h5-6,8-10,16,25H,2-4,7,11-13H2,1H3. The molecule has 1 fully saturated rings. The Morgan fingerprint density at radius 2 is 1.86 bits per heavy atom. The van der Waals surface area contributed by atoms with E-state index in [0.717, 1.165) is 37.1 Å². The van der Waals surface area contributed by atoms with Gasteiger partial charge in [0, 0.05) is 19.7 Å². The minimum Gasteiger partial charge on any atom is -0.490 e. The summed E-state index contributed by atoms with van der Waals surface area (Å²) in [5.41, 5.74) is 1.93. The Bertz CT molecular complexity index is 795. The molecule has 1 unspecified atom stereocenters. The summed E-state index contributed by atoms with van der Waals surface area (Å²) in [5, 5.41) is 4.94. The number of ether oxygens (including phenoxy) is 3. The summed E-state index contributed by atoms with van der Waals surface area (Å²) < 4.78 is 17.3. The second-order valence-corrected chi connectivity index (χ2v) is 7.86. The number of hydrogen-bond acceptors (Lipinski definition) is 4. The van der Waals surface area contributed by atoms with E-state index in [1.54, 1.807) is 12.1 Å². The lowest BCUT2D eigenvalue weighted by atomic mass is 10.2. The molecule has 0 bridgehead atoms. The maximum atomic E-state index is 6.49. The molecule has 0 amide bonds. The molecule has 4 nitrogen and oxygen atoms in total. The third-order valence-electron chi connectivity index (χ3n) is 4.46. The highest BCUT2D eigenvalue weighted by Crippen LogP contribution is 2.37. The van der Waals surface area contributed by atoms with E-state index in [4.69, 9.17) is 49.0 Å². The third kappa shape index (κ3) is 5.91. The Morgan fingerprint density at radius 3 is 2.57 bits per heavy atom. The lowest BCUT2D eigenvalue weighted by Crippen LogP contribution is -2.25. The van der Waals surface area contributed by atoms with Crippen molar-refractivity contribution in [2.24, 2.45) is 0 Å². The molecule has 1 aliphatic heterocycles. The quantitative estimate of drug-likeness (QED) is 0.523. The van der Waals surface area contributed by atoms with Gasteiger partial charge in [0.05, 0.1) is 27.8 Å². The summed E-state index contributed by atoms with van der Waals surface area (Å²) >= 11 is 18.5. The van der Waals surface area contributed by atoms with E-state index in [1.807, 2.05) is 25.1 Å². The van der Waals surface area contributed by atoms with Crippen molar-refractivity contribution >= 4 is 34.8 Å². The van der Waals surface area contributed by atoms with Crippen LogP contribution in [-0.2, 0) is 17.9 Å². The van der Waals surface area contributed by atoms with Gasteiger partial charge in [-0.2, -0.15) is 0 Å². The average Bonchev–Trinajstić information content (AvgIpc) is 3.17. The van der Waals surface area contributed by atoms with Gasteiger partial charge < -0.3 is 19.5 Å². The number of halogens is 3. The monoisotopic (exact) mass is 443 g/mol. The van der Waals surface area contributed by atoms with Gasteiger partial charge >= 0.3 is 0 Å². The maximum absolute atomic E-state index is 6.49. The van der Waals surface area contributed by atoms with Gasteiger partial charge in [-0.3, -0.25) is 0 Å². The van der Waals surface area contributed by atoms with Crippen LogP contribution in [-0.4, -0.2) is 25.9 Å². The van der Waals surface area contributed by atoms with Crippen molar-refractivity contribution in [3.63, 3.8) is 0 Å². The van der Waals surface area contributed by atoms with Crippen LogP contribution in [0.3, 0.4) is 0 Å². The molecule has 1 atom stereocenters. The van der Waals surface area contributed by atoms with Crippen LogP contribution in [0.15, 0.2) is 30.3 Å². The largest absolute Gasteiger partial charge is 0.490 e. The second-order valence-electron chi connectivity index (χ2n) is 6.64. The van der Waals surface area contributed by atoms with E-state index in [2.05, 4.69) is 5.32 Å². The first-order chi connectivity index (χ1) is 13.6. The molecule has 0 radical (unpaired) electrons. The lowest BCUT2D eigenvalue weighted by molar-refractivity contribution is 0.110. The van der Waals surface area contributed by atoms with Crippen molar-refractivity contribution in [3.05, 3.63) is 56.5 Å². The fraction of sp³-hybridized carbons (Fsp3) is 0.429. The number of rotatable bonds is 9. The van der Waals surface area contributed by atoms with Crippen LogP contribution < -0.4 is 14.8 Å². The van der Waals surface area contributed by atoms with Gasteiger partial charge in [-0.05, 0) is 55.2 Å². The zero-order valence-electron chi connectivity index (χ0n) is 15.8. The molecule has 1 heterocycles. The zero-order valence-corrected chi connectivity index (χ0v) is 18.0. The summed E-state index contributed by atoms with van der Waals surface area (Å²) in [6.07, 6.45) is 2.55. The molecule has 0 saturated carbocycles. The Balaban J connectivity index is 1.66. The highest BCUT2D eigenvalue weighted by atomic mass is 35.5. The Labute approximate surface area is 181 Å². The van der Waals surface area contributed by atoms with Crippen LogP contribution in [0.2, 0.25) is 15.1 Å². The molecule has 0 aliphatic carbocycles. The topological polar surface area (TPSA) is 39.7 Å². The predicted octanol–water partition coefficient (Wildman–Crippen LogP) is 5.89. The first kappa shape index (κ1) is 21.5. The van der Waals surface area contributed by atoms with Crippen molar-refractivity contribution in [1.82, 2.24) is 5.32 Å². The van der Waals surface area contributed by atoms with E-state index in [0.29, 0.717) is 52.4 Å². The minimum atomic E-state index is 0.302. The van der Waals surface area contributed by atoms with E-state index < -0.39 is 0 Å². The summed E-state index contributed by atoms with van der Waals surface area (Å²) in [5.74, 6) is 1.15. The fourth-order valence-corrected chi connectivity index (χ4v) is 3.70. The minimum absolute atomic E-state index is 0.302. The van der Waals surface area contributed by atoms with Gasteiger partial charge in [0.25, 0.3) is 0 Å². The van der Waals surface area contributed by atoms with Gasteiger partial charge in [0.2, 0.25) is 0 Å². The molecule has 2 aromatic carbocycles. The predicted molar refractivity (Wildman–Crippen MR) is 114 cm³/mol. The van der Waals surface area contributed by atoms with Crippen LogP contribution in [0.4, 0.5) is 0 Å². The fourth-order valence-electron chi connectivity index (χ4n) is 3.09. The molecule has 1 saturated heterocycles. The van der Waals surface area contributed by atoms with Gasteiger partial charge in [-0.25, -0.2) is 0 Å². The Hall–Kier alpha value is -1.17. The molecule has 3 rings (SSSR count). The average molecular weight is 445 g/mol. The SMILES string of the molecule is CCOc1cc(CNCC2CCCO2)cc(Cl)c1OCc1ccc(Cl)c(Cl)c1.